The lowest BCUT2D eigenvalue weighted by molar-refractivity contribution is 1.36. The van der Waals surface area contributed by atoms with Crippen molar-refractivity contribution in [3.8, 4) is 11.1 Å². The first-order valence-corrected chi connectivity index (χ1v) is 6.71. The van der Waals surface area contributed by atoms with E-state index in [4.69, 9.17) is 11.6 Å². The molecule has 2 aromatic carbocycles. The van der Waals surface area contributed by atoms with E-state index in [9.17, 15) is 0 Å². The van der Waals surface area contributed by atoms with E-state index in [2.05, 4.69) is 37.4 Å². The minimum atomic E-state index is 0.783. The average Bonchev–Trinajstić information content (AvgIpc) is 2.28. The van der Waals surface area contributed by atoms with E-state index in [1.807, 2.05) is 18.2 Å². The van der Waals surface area contributed by atoms with Gasteiger partial charge in [0.1, 0.15) is 0 Å². The topological polar surface area (TPSA) is 0 Å². The lowest BCUT2D eigenvalue weighted by Gasteiger charge is -2.08. The molecular weight excluding hydrogens is 236 g/mol. The van der Waals surface area contributed by atoms with Gasteiger partial charge >= 0.3 is 0 Å². The summed E-state index contributed by atoms with van der Waals surface area (Å²) in [7, 11) is 0. The van der Waals surface area contributed by atoms with Crippen molar-refractivity contribution in [2.45, 2.75) is 11.8 Å². The van der Waals surface area contributed by atoms with Gasteiger partial charge in [-0.1, -0.05) is 35.9 Å². The van der Waals surface area contributed by atoms with Crippen molar-refractivity contribution >= 4 is 23.4 Å². The van der Waals surface area contributed by atoms with E-state index in [1.54, 1.807) is 11.8 Å². The molecule has 2 rings (SSSR count). The van der Waals surface area contributed by atoms with Crippen LogP contribution in [0.5, 0.6) is 0 Å². The molecule has 0 unspecified atom stereocenters. The van der Waals surface area contributed by atoms with E-state index in [-0.39, 0.29) is 0 Å². The lowest BCUT2D eigenvalue weighted by Crippen LogP contribution is -1.83. The van der Waals surface area contributed by atoms with E-state index >= 15 is 0 Å². The summed E-state index contributed by atoms with van der Waals surface area (Å²) in [6.07, 6.45) is 2.10. The summed E-state index contributed by atoms with van der Waals surface area (Å²) in [4.78, 5) is 1.29. The van der Waals surface area contributed by atoms with Crippen LogP contribution in [0.3, 0.4) is 0 Å². The molecule has 0 aliphatic carbocycles. The van der Waals surface area contributed by atoms with Crippen LogP contribution in [-0.2, 0) is 0 Å². The summed E-state index contributed by atoms with van der Waals surface area (Å²) in [5, 5.41) is 0.783. The molecule has 16 heavy (non-hydrogen) atoms. The molecule has 0 saturated carbocycles. The molecule has 0 atom stereocenters. The van der Waals surface area contributed by atoms with Crippen LogP contribution in [0.25, 0.3) is 11.1 Å². The molecule has 0 spiro atoms. The predicted molar refractivity (Wildman–Crippen MR) is 73.4 cm³/mol. The summed E-state index contributed by atoms with van der Waals surface area (Å²) in [5.74, 6) is 0. The van der Waals surface area contributed by atoms with Gasteiger partial charge in [0.25, 0.3) is 0 Å². The van der Waals surface area contributed by atoms with Crippen LogP contribution < -0.4 is 0 Å². The third-order valence-corrected chi connectivity index (χ3v) is 3.51. The van der Waals surface area contributed by atoms with Crippen molar-refractivity contribution < 1.29 is 0 Å². The Morgan fingerprint density at radius 1 is 1.06 bits per heavy atom. The van der Waals surface area contributed by atoms with Crippen LogP contribution in [0, 0.1) is 6.92 Å². The van der Waals surface area contributed by atoms with Crippen LogP contribution in [0.2, 0.25) is 5.02 Å². The Hall–Kier alpha value is -0.920. The van der Waals surface area contributed by atoms with Crippen LogP contribution in [-0.4, -0.2) is 6.26 Å². The molecule has 2 aromatic rings. The number of benzene rings is 2. The first-order valence-electron chi connectivity index (χ1n) is 5.11. The quantitative estimate of drug-likeness (QED) is 0.671. The van der Waals surface area contributed by atoms with Gasteiger partial charge in [-0.3, -0.25) is 0 Å². The normalized spacial score (nSPS) is 10.4. The standard InChI is InChI=1S/C14H13ClS/c1-10-6-7-13(14(8-10)16-2)11-4-3-5-12(15)9-11/h3-9H,1-2H3. The highest BCUT2D eigenvalue weighted by Crippen LogP contribution is 2.32. The van der Waals surface area contributed by atoms with Crippen LogP contribution >= 0.6 is 23.4 Å². The number of hydrogen-bond acceptors (Lipinski definition) is 1. The van der Waals surface area contributed by atoms with Crippen LogP contribution in [0.15, 0.2) is 47.4 Å². The summed E-state index contributed by atoms with van der Waals surface area (Å²) in [5.41, 5.74) is 3.72. The third-order valence-electron chi connectivity index (χ3n) is 2.49. The fourth-order valence-electron chi connectivity index (χ4n) is 1.69. The number of halogens is 1. The molecule has 82 valence electrons. The Kier molecular flexibility index (Phi) is 3.57. The molecule has 0 bridgehead atoms. The maximum absolute atomic E-state index is 6.01. The van der Waals surface area contributed by atoms with Crippen molar-refractivity contribution in [2.24, 2.45) is 0 Å². The molecule has 0 aliphatic rings. The third kappa shape index (κ3) is 2.42. The zero-order valence-corrected chi connectivity index (χ0v) is 10.9. The van der Waals surface area contributed by atoms with E-state index in [1.165, 1.54) is 21.6 Å². The van der Waals surface area contributed by atoms with Gasteiger partial charge in [0.05, 0.1) is 0 Å². The Balaban J connectivity index is 2.55. The summed E-state index contributed by atoms with van der Waals surface area (Å²) in [6, 6.07) is 14.5. The van der Waals surface area contributed by atoms with Gasteiger partial charge in [-0.05, 0) is 48.1 Å². The Morgan fingerprint density at radius 2 is 1.88 bits per heavy atom. The largest absolute Gasteiger partial charge is 0.129 e. The van der Waals surface area contributed by atoms with E-state index in [0.29, 0.717) is 0 Å². The van der Waals surface area contributed by atoms with Crippen LogP contribution in [0.4, 0.5) is 0 Å². The average molecular weight is 249 g/mol. The first kappa shape index (κ1) is 11.6. The molecule has 0 heterocycles. The number of rotatable bonds is 2. The number of hydrogen-bond donors (Lipinski definition) is 0. The van der Waals surface area contributed by atoms with Gasteiger partial charge in [-0.15, -0.1) is 11.8 Å². The zero-order valence-electron chi connectivity index (χ0n) is 9.33. The molecule has 0 nitrogen and oxygen atoms in total. The van der Waals surface area contributed by atoms with Crippen molar-refractivity contribution in [1.29, 1.82) is 0 Å². The van der Waals surface area contributed by atoms with Gasteiger partial charge in [0.15, 0.2) is 0 Å². The second-order valence-electron chi connectivity index (χ2n) is 3.71. The minimum absolute atomic E-state index is 0.783. The molecular formula is C14H13ClS. The first-order chi connectivity index (χ1) is 7.70. The fraction of sp³-hybridized carbons (Fsp3) is 0.143. The van der Waals surface area contributed by atoms with Gasteiger partial charge in [0.2, 0.25) is 0 Å². The van der Waals surface area contributed by atoms with Gasteiger partial charge in [-0.25, -0.2) is 0 Å². The Labute approximate surface area is 106 Å². The number of thioether (sulfide) groups is 1. The molecule has 0 fully saturated rings. The lowest BCUT2D eigenvalue weighted by atomic mass is 10.0. The maximum Gasteiger partial charge on any atom is 0.0412 e. The highest BCUT2D eigenvalue weighted by atomic mass is 35.5. The highest BCUT2D eigenvalue weighted by Gasteiger charge is 2.04. The van der Waals surface area contributed by atoms with Crippen molar-refractivity contribution in [3.05, 3.63) is 53.1 Å². The highest BCUT2D eigenvalue weighted by molar-refractivity contribution is 7.98. The number of aryl methyl sites for hydroxylation is 1. The Bertz CT molecular complexity index is 506. The zero-order chi connectivity index (χ0) is 11.5. The summed E-state index contributed by atoms with van der Waals surface area (Å²) in [6.45, 7) is 2.11. The maximum atomic E-state index is 6.01. The molecule has 0 N–H and O–H groups in total. The molecule has 0 radical (unpaired) electrons. The molecule has 0 amide bonds. The van der Waals surface area contributed by atoms with Gasteiger partial charge in [0, 0.05) is 9.92 Å². The monoisotopic (exact) mass is 248 g/mol. The summed E-state index contributed by atoms with van der Waals surface area (Å²) >= 11 is 7.78. The fourth-order valence-corrected chi connectivity index (χ4v) is 2.59. The van der Waals surface area contributed by atoms with Gasteiger partial charge < -0.3 is 0 Å². The minimum Gasteiger partial charge on any atom is -0.129 e. The van der Waals surface area contributed by atoms with Crippen molar-refractivity contribution in [2.75, 3.05) is 6.26 Å². The van der Waals surface area contributed by atoms with Gasteiger partial charge in [-0.2, -0.15) is 0 Å². The molecule has 0 aliphatic heterocycles. The van der Waals surface area contributed by atoms with E-state index in [0.717, 1.165) is 5.02 Å². The second kappa shape index (κ2) is 4.94. The molecule has 0 saturated heterocycles. The van der Waals surface area contributed by atoms with Crippen molar-refractivity contribution in [3.63, 3.8) is 0 Å². The molecule has 2 heteroatoms. The van der Waals surface area contributed by atoms with Crippen molar-refractivity contribution in [1.82, 2.24) is 0 Å². The predicted octanol–water partition coefficient (Wildman–Crippen LogP) is 5.04. The smallest absolute Gasteiger partial charge is 0.0412 e. The van der Waals surface area contributed by atoms with E-state index < -0.39 is 0 Å². The SMILES string of the molecule is CSc1cc(C)ccc1-c1cccc(Cl)c1. The Morgan fingerprint density at radius 3 is 2.56 bits per heavy atom. The molecule has 0 aromatic heterocycles. The van der Waals surface area contributed by atoms with Crippen LogP contribution in [0.1, 0.15) is 5.56 Å². The second-order valence-corrected chi connectivity index (χ2v) is 5.00. The summed E-state index contributed by atoms with van der Waals surface area (Å²) < 4.78 is 0.